The molecule has 0 bridgehead atoms. The van der Waals surface area contributed by atoms with Crippen molar-refractivity contribution in [2.45, 2.75) is 39.7 Å². The Labute approximate surface area is 108 Å². The number of amides is 1. The van der Waals surface area contributed by atoms with Crippen molar-refractivity contribution in [3.8, 4) is 0 Å². The second-order valence-electron chi connectivity index (χ2n) is 4.39. The van der Waals surface area contributed by atoms with E-state index in [1.165, 1.54) is 13.0 Å². The molecule has 3 nitrogen and oxygen atoms in total. The van der Waals surface area contributed by atoms with E-state index in [1.807, 2.05) is 13.8 Å². The second-order valence-corrected chi connectivity index (χ2v) is 4.39. The highest BCUT2D eigenvalue weighted by Gasteiger charge is 2.29. The molecule has 1 unspecified atom stereocenters. The van der Waals surface area contributed by atoms with Gasteiger partial charge in [0.05, 0.1) is 5.83 Å². The molecule has 18 heavy (non-hydrogen) atoms. The molecule has 1 N–H and O–H groups in total. The quantitative estimate of drug-likeness (QED) is 0.763. The van der Waals surface area contributed by atoms with E-state index in [1.54, 1.807) is 23.3 Å². The van der Waals surface area contributed by atoms with Crippen molar-refractivity contribution in [3.63, 3.8) is 0 Å². The Balaban J connectivity index is 2.91. The van der Waals surface area contributed by atoms with E-state index in [0.717, 1.165) is 13.0 Å². The predicted octanol–water partition coefficient (Wildman–Crippen LogP) is 2.88. The first kappa shape index (κ1) is 14.5. The number of halogens is 1. The smallest absolute Gasteiger partial charge is 0.227 e. The molecule has 0 aromatic heterocycles. The van der Waals surface area contributed by atoms with E-state index in [-0.39, 0.29) is 17.8 Å². The largest absolute Gasteiger partial charge is 0.391 e. The van der Waals surface area contributed by atoms with Gasteiger partial charge in [0.2, 0.25) is 5.91 Å². The molecule has 0 radical (unpaired) electrons. The molecule has 0 saturated carbocycles. The van der Waals surface area contributed by atoms with E-state index in [4.69, 9.17) is 0 Å². The number of likely N-dealkylation sites (tertiary alicyclic amines) is 1. The lowest BCUT2D eigenvalue weighted by Gasteiger charge is -2.22. The van der Waals surface area contributed by atoms with Crippen molar-refractivity contribution >= 4 is 5.91 Å². The SMILES string of the molecule is CCN/C=C/C=C(\C=C(/C)F)N1C(=O)CCC1C. The van der Waals surface area contributed by atoms with Gasteiger partial charge in [-0.1, -0.05) is 0 Å². The minimum Gasteiger partial charge on any atom is -0.391 e. The molecule has 1 fully saturated rings. The minimum absolute atomic E-state index is 0.0584. The lowest BCUT2D eigenvalue weighted by molar-refractivity contribution is -0.126. The third-order valence-corrected chi connectivity index (χ3v) is 2.80. The van der Waals surface area contributed by atoms with Gasteiger partial charge in [0.15, 0.2) is 0 Å². The molecule has 0 spiro atoms. The van der Waals surface area contributed by atoms with Crippen molar-refractivity contribution < 1.29 is 9.18 Å². The monoisotopic (exact) mass is 252 g/mol. The van der Waals surface area contributed by atoms with Gasteiger partial charge in [-0.25, -0.2) is 4.39 Å². The third-order valence-electron chi connectivity index (χ3n) is 2.80. The van der Waals surface area contributed by atoms with Crippen LogP contribution in [0.1, 0.15) is 33.6 Å². The topological polar surface area (TPSA) is 32.3 Å². The molecule has 0 aromatic rings. The highest BCUT2D eigenvalue weighted by Crippen LogP contribution is 2.24. The van der Waals surface area contributed by atoms with Gasteiger partial charge in [-0.2, -0.15) is 0 Å². The molecule has 0 aromatic carbocycles. The fourth-order valence-corrected chi connectivity index (χ4v) is 1.96. The first-order chi connectivity index (χ1) is 8.56. The van der Waals surface area contributed by atoms with Crippen LogP contribution in [0.4, 0.5) is 4.39 Å². The van der Waals surface area contributed by atoms with Crippen LogP contribution in [0.2, 0.25) is 0 Å². The zero-order valence-corrected chi connectivity index (χ0v) is 11.2. The molecule has 1 rings (SSSR count). The fourth-order valence-electron chi connectivity index (χ4n) is 1.96. The molecule has 1 heterocycles. The Morgan fingerprint density at radius 1 is 1.61 bits per heavy atom. The van der Waals surface area contributed by atoms with Crippen molar-refractivity contribution in [1.29, 1.82) is 0 Å². The number of nitrogens with one attached hydrogen (secondary N) is 1. The third kappa shape index (κ3) is 4.02. The maximum atomic E-state index is 13.1. The summed E-state index contributed by atoms with van der Waals surface area (Å²) in [6.45, 7) is 6.19. The Hall–Kier alpha value is -1.58. The lowest BCUT2D eigenvalue weighted by Crippen LogP contribution is -2.29. The van der Waals surface area contributed by atoms with Crippen LogP contribution < -0.4 is 5.32 Å². The number of carbonyl (C=O) groups excluding carboxylic acids is 1. The van der Waals surface area contributed by atoms with E-state index in [0.29, 0.717) is 12.1 Å². The minimum atomic E-state index is -0.301. The normalized spacial score (nSPS) is 22.1. The van der Waals surface area contributed by atoms with E-state index in [9.17, 15) is 9.18 Å². The summed E-state index contributed by atoms with van der Waals surface area (Å²) in [7, 11) is 0. The molecule has 1 aliphatic rings. The van der Waals surface area contributed by atoms with Crippen molar-refractivity contribution in [1.82, 2.24) is 10.2 Å². The summed E-state index contributed by atoms with van der Waals surface area (Å²) in [6, 6.07) is 0.131. The van der Waals surface area contributed by atoms with E-state index < -0.39 is 0 Å². The second kappa shape index (κ2) is 6.99. The van der Waals surface area contributed by atoms with Crippen LogP contribution >= 0.6 is 0 Å². The van der Waals surface area contributed by atoms with E-state index >= 15 is 0 Å². The van der Waals surface area contributed by atoms with Crippen LogP contribution in [0, 0.1) is 0 Å². The van der Waals surface area contributed by atoms with Crippen LogP contribution in [0.15, 0.2) is 36.0 Å². The fraction of sp³-hybridized carbons (Fsp3) is 0.500. The number of hydrogen-bond acceptors (Lipinski definition) is 2. The maximum Gasteiger partial charge on any atom is 0.227 e. The number of nitrogens with zero attached hydrogens (tertiary/aromatic N) is 1. The number of hydrogen-bond donors (Lipinski definition) is 1. The van der Waals surface area contributed by atoms with Crippen LogP contribution in [0.3, 0.4) is 0 Å². The van der Waals surface area contributed by atoms with Crippen LogP contribution in [-0.4, -0.2) is 23.4 Å². The summed E-state index contributed by atoms with van der Waals surface area (Å²) in [4.78, 5) is 13.5. The molecule has 1 aliphatic heterocycles. The van der Waals surface area contributed by atoms with Crippen molar-refractivity contribution in [3.05, 3.63) is 36.0 Å². The standard InChI is InChI=1S/C14H21FN2O/c1-4-16-9-5-6-13(10-11(2)15)17-12(3)7-8-14(17)18/h5-6,9-10,12,16H,4,7-8H2,1-3H3/b9-5+,11-10+,13-6+. The Morgan fingerprint density at radius 3 is 2.83 bits per heavy atom. The summed E-state index contributed by atoms with van der Waals surface area (Å²) < 4.78 is 13.1. The molecular weight excluding hydrogens is 231 g/mol. The molecule has 4 heteroatoms. The zero-order chi connectivity index (χ0) is 13.5. The van der Waals surface area contributed by atoms with Crippen LogP contribution in [0.5, 0.6) is 0 Å². The highest BCUT2D eigenvalue weighted by atomic mass is 19.1. The summed E-state index contributed by atoms with van der Waals surface area (Å²) in [5, 5.41) is 3.03. The van der Waals surface area contributed by atoms with Gasteiger partial charge in [0.1, 0.15) is 0 Å². The van der Waals surface area contributed by atoms with Gasteiger partial charge >= 0.3 is 0 Å². The van der Waals surface area contributed by atoms with Gasteiger partial charge in [-0.3, -0.25) is 4.79 Å². The average molecular weight is 252 g/mol. The molecule has 1 amide bonds. The summed E-state index contributed by atoms with van der Waals surface area (Å²) >= 11 is 0. The Morgan fingerprint density at radius 2 is 2.33 bits per heavy atom. The first-order valence-electron chi connectivity index (χ1n) is 6.32. The highest BCUT2D eigenvalue weighted by molar-refractivity contribution is 5.81. The molecule has 1 atom stereocenters. The number of allylic oxidation sites excluding steroid dienone is 4. The van der Waals surface area contributed by atoms with Crippen molar-refractivity contribution in [2.75, 3.05) is 6.54 Å². The van der Waals surface area contributed by atoms with Crippen LogP contribution in [-0.2, 0) is 4.79 Å². The van der Waals surface area contributed by atoms with Gasteiger partial charge in [0, 0.05) is 24.7 Å². The lowest BCUT2D eigenvalue weighted by atomic mass is 10.2. The predicted molar refractivity (Wildman–Crippen MR) is 71.3 cm³/mol. The summed E-state index contributed by atoms with van der Waals surface area (Å²) in [5.74, 6) is -0.242. The van der Waals surface area contributed by atoms with Gasteiger partial charge < -0.3 is 10.2 Å². The Kier molecular flexibility index (Phi) is 5.62. The average Bonchev–Trinajstić information content (AvgIpc) is 2.63. The molecular formula is C14H21FN2O. The van der Waals surface area contributed by atoms with Gasteiger partial charge in [-0.05, 0) is 51.6 Å². The Bertz CT molecular complexity index is 381. The van der Waals surface area contributed by atoms with Crippen LogP contribution in [0.25, 0.3) is 0 Å². The summed E-state index contributed by atoms with van der Waals surface area (Å²) in [5.41, 5.74) is 0.610. The summed E-state index contributed by atoms with van der Waals surface area (Å²) in [6.07, 6.45) is 8.09. The van der Waals surface area contributed by atoms with Gasteiger partial charge in [-0.15, -0.1) is 0 Å². The molecule has 1 saturated heterocycles. The zero-order valence-electron chi connectivity index (χ0n) is 11.2. The van der Waals surface area contributed by atoms with Crippen molar-refractivity contribution in [2.24, 2.45) is 0 Å². The number of carbonyl (C=O) groups is 1. The molecule has 100 valence electrons. The number of rotatable bonds is 5. The maximum absolute atomic E-state index is 13.1. The first-order valence-corrected chi connectivity index (χ1v) is 6.32. The van der Waals surface area contributed by atoms with Gasteiger partial charge in [0.25, 0.3) is 0 Å². The van der Waals surface area contributed by atoms with E-state index in [2.05, 4.69) is 5.32 Å². The molecule has 0 aliphatic carbocycles.